The van der Waals surface area contributed by atoms with Crippen molar-refractivity contribution in [3.05, 3.63) is 90.6 Å². The molecule has 4 heteroatoms. The Labute approximate surface area is 165 Å². The molecule has 1 radical (unpaired) electrons. The zero-order chi connectivity index (χ0) is 18.5. The van der Waals surface area contributed by atoms with Crippen LogP contribution in [0.1, 0.15) is 5.69 Å². The third kappa shape index (κ3) is 4.31. The zero-order valence-electron chi connectivity index (χ0n) is 15.1. The first-order valence-electron chi connectivity index (χ1n) is 8.92. The standard InChI is InChI=1S/C12H10O.C11H10NO.Al/c13-12-8-6-11(7-9-12)10-4-2-1-3-5-10;1-8-6-7-9-4-3-5-10(13-2)11(9)12-8;/h1-9,13H;3-7H,2H2,1H3;/q;;+1/p-1. The van der Waals surface area contributed by atoms with E-state index in [1.165, 1.54) is 11.1 Å². The van der Waals surface area contributed by atoms with Crippen LogP contribution in [0, 0.1) is 6.92 Å². The molecule has 3 aromatic carbocycles. The van der Waals surface area contributed by atoms with Crippen molar-refractivity contribution in [1.82, 2.24) is 4.98 Å². The molecule has 0 fully saturated rings. The van der Waals surface area contributed by atoms with Crippen LogP contribution in [0.3, 0.4) is 0 Å². The van der Waals surface area contributed by atoms with Gasteiger partial charge in [0, 0.05) is 11.1 Å². The van der Waals surface area contributed by atoms with Crippen LogP contribution in [-0.2, 0) is 0 Å². The fraction of sp³-hybridized carbons (Fsp3) is 0.0870. The van der Waals surface area contributed by atoms with Gasteiger partial charge in [0.1, 0.15) is 11.3 Å². The van der Waals surface area contributed by atoms with Crippen LogP contribution < -0.4 is 8.53 Å². The number of aromatic nitrogens is 1. The summed E-state index contributed by atoms with van der Waals surface area (Å²) in [4.78, 5) is 4.59. The average Bonchev–Trinajstić information content (AvgIpc) is 2.72. The van der Waals surface area contributed by atoms with Crippen LogP contribution >= 0.6 is 0 Å². The molecular weight excluding hydrogens is 349 g/mol. The van der Waals surface area contributed by atoms with Gasteiger partial charge in [-0.1, -0.05) is 60.7 Å². The molecular formula is C23H19AlNO2. The summed E-state index contributed by atoms with van der Waals surface area (Å²) in [6.07, 6.45) is 0. The number of ether oxygens (including phenoxy) is 1. The van der Waals surface area contributed by atoms with Gasteiger partial charge in [-0.25, -0.2) is 4.98 Å². The van der Waals surface area contributed by atoms with Gasteiger partial charge in [0.05, 0.1) is 11.2 Å². The van der Waals surface area contributed by atoms with E-state index < -0.39 is 0 Å². The van der Waals surface area contributed by atoms with Crippen LogP contribution in [-0.4, -0.2) is 26.0 Å². The molecule has 0 unspecified atom stereocenters. The molecule has 4 aromatic rings. The predicted molar refractivity (Wildman–Crippen MR) is 110 cm³/mol. The van der Waals surface area contributed by atoms with Crippen LogP contribution in [0.4, 0.5) is 0 Å². The second kappa shape index (κ2) is 8.26. The lowest BCUT2D eigenvalue weighted by molar-refractivity contribution is 0.372. The maximum Gasteiger partial charge on any atom is 0.567 e. The molecule has 4 rings (SSSR count). The third-order valence-electron chi connectivity index (χ3n) is 4.31. The second-order valence-electron chi connectivity index (χ2n) is 6.27. The highest BCUT2D eigenvalue weighted by Crippen LogP contribution is 2.24. The van der Waals surface area contributed by atoms with E-state index in [0.29, 0.717) is 5.47 Å². The molecule has 0 N–H and O–H groups in total. The van der Waals surface area contributed by atoms with E-state index in [1.807, 2.05) is 61.5 Å². The molecule has 0 bridgehead atoms. The Morgan fingerprint density at radius 3 is 2.37 bits per heavy atom. The highest BCUT2D eigenvalue weighted by atomic mass is 27.1. The molecule has 0 spiro atoms. The maximum absolute atomic E-state index is 5.94. The summed E-state index contributed by atoms with van der Waals surface area (Å²) in [7, 11) is 0. The van der Waals surface area contributed by atoms with Gasteiger partial charge < -0.3 is 8.53 Å². The van der Waals surface area contributed by atoms with Gasteiger partial charge in [0.15, 0.2) is 0 Å². The van der Waals surface area contributed by atoms with Crippen LogP contribution in [0.2, 0.25) is 0 Å². The van der Waals surface area contributed by atoms with E-state index in [2.05, 4.69) is 35.3 Å². The molecule has 0 aliphatic heterocycles. The fourth-order valence-electron chi connectivity index (χ4n) is 2.94. The first-order chi connectivity index (χ1) is 13.3. The van der Waals surface area contributed by atoms with Gasteiger partial charge in [-0.3, -0.25) is 0 Å². The predicted octanol–water partition coefficient (Wildman–Crippen LogP) is 5.24. The molecule has 1 heterocycles. The Balaban J connectivity index is 1.35. The summed E-state index contributed by atoms with van der Waals surface area (Å²) >= 11 is -0.307. The second-order valence-corrected chi connectivity index (χ2v) is 7.17. The largest absolute Gasteiger partial charge is 0.646 e. The van der Waals surface area contributed by atoms with Crippen molar-refractivity contribution in [2.75, 3.05) is 5.47 Å². The molecule has 0 atom stereocenters. The summed E-state index contributed by atoms with van der Waals surface area (Å²) in [6.45, 7) is 1.99. The summed E-state index contributed by atoms with van der Waals surface area (Å²) in [5.74, 6) is 1.69. The molecule has 27 heavy (non-hydrogen) atoms. The number of fused-ring (bicyclic) bond motifs is 1. The van der Waals surface area contributed by atoms with E-state index >= 15 is 0 Å². The number of hydrogen-bond donors (Lipinski definition) is 0. The minimum atomic E-state index is -0.307. The van der Waals surface area contributed by atoms with Gasteiger partial charge in [-0.05, 0) is 42.3 Å². The smallest absolute Gasteiger partial charge is 0.567 e. The molecule has 0 amide bonds. The monoisotopic (exact) mass is 368 g/mol. The summed E-state index contributed by atoms with van der Waals surface area (Å²) in [5.41, 5.74) is 4.84. The third-order valence-corrected chi connectivity index (χ3v) is 5.05. The van der Waals surface area contributed by atoms with Crippen molar-refractivity contribution in [3.63, 3.8) is 0 Å². The molecule has 0 aliphatic carbocycles. The number of rotatable bonds is 6. The highest BCUT2D eigenvalue weighted by molar-refractivity contribution is 6.28. The van der Waals surface area contributed by atoms with Crippen molar-refractivity contribution in [3.8, 4) is 22.6 Å². The Hall–Kier alpha value is -2.80. The fourth-order valence-corrected chi connectivity index (χ4v) is 3.61. The van der Waals surface area contributed by atoms with Crippen molar-refractivity contribution in [2.45, 2.75) is 6.92 Å². The van der Waals surface area contributed by atoms with Gasteiger partial charge >= 0.3 is 15.6 Å². The van der Waals surface area contributed by atoms with Gasteiger partial charge in [0.2, 0.25) is 0 Å². The molecule has 0 saturated heterocycles. The first-order valence-corrected chi connectivity index (χ1v) is 10.2. The lowest BCUT2D eigenvalue weighted by Gasteiger charge is -2.10. The summed E-state index contributed by atoms with van der Waals surface area (Å²) < 4.78 is 11.8. The number of aryl methyl sites for hydroxylation is 1. The lowest BCUT2D eigenvalue weighted by Crippen LogP contribution is -2.13. The van der Waals surface area contributed by atoms with Crippen molar-refractivity contribution >= 4 is 26.5 Å². The molecule has 131 valence electrons. The van der Waals surface area contributed by atoms with Crippen LogP contribution in [0.5, 0.6) is 11.5 Å². The Morgan fingerprint density at radius 2 is 1.56 bits per heavy atom. The van der Waals surface area contributed by atoms with E-state index in [-0.39, 0.29) is 15.6 Å². The maximum atomic E-state index is 5.94. The van der Waals surface area contributed by atoms with E-state index in [1.54, 1.807) is 0 Å². The van der Waals surface area contributed by atoms with E-state index in [0.717, 1.165) is 28.1 Å². The molecule has 0 saturated carbocycles. The lowest BCUT2D eigenvalue weighted by atomic mass is 10.1. The number of hydrogen-bond acceptors (Lipinski definition) is 3. The summed E-state index contributed by atoms with van der Waals surface area (Å²) in [6, 6.07) is 28.6. The zero-order valence-corrected chi connectivity index (χ0v) is 16.3. The minimum Gasteiger partial charge on any atom is -0.646 e. The number of benzene rings is 3. The Bertz CT molecular complexity index is 1030. The minimum absolute atomic E-state index is 0.307. The highest BCUT2D eigenvalue weighted by Gasteiger charge is 2.06. The van der Waals surface area contributed by atoms with Crippen LogP contribution in [0.25, 0.3) is 22.0 Å². The topological polar surface area (TPSA) is 31.4 Å². The Morgan fingerprint density at radius 1 is 0.778 bits per heavy atom. The first kappa shape index (κ1) is 17.6. The van der Waals surface area contributed by atoms with Crippen molar-refractivity contribution in [2.24, 2.45) is 0 Å². The molecule has 0 aliphatic rings. The van der Waals surface area contributed by atoms with Crippen molar-refractivity contribution in [1.29, 1.82) is 0 Å². The van der Waals surface area contributed by atoms with Gasteiger partial charge in [0.25, 0.3) is 0 Å². The molecule has 3 nitrogen and oxygen atoms in total. The summed E-state index contributed by atoms with van der Waals surface area (Å²) in [5, 5.41) is 1.09. The quantitative estimate of drug-likeness (QED) is 0.344. The SMILES string of the molecule is Cc1ccc2cccc(O[CH2][Al][O]c3ccc(-c4ccccc4)cc3)c2n1. The normalized spacial score (nSPS) is 10.6. The van der Waals surface area contributed by atoms with Gasteiger partial charge in [-0.15, -0.1) is 0 Å². The number of nitrogens with zero attached hydrogens (tertiary/aromatic N) is 1. The number of pyridine rings is 1. The number of para-hydroxylation sites is 1. The molecule has 1 aromatic heterocycles. The Kier molecular flexibility index (Phi) is 5.39. The van der Waals surface area contributed by atoms with Crippen LogP contribution in [0.15, 0.2) is 84.9 Å². The van der Waals surface area contributed by atoms with E-state index in [4.69, 9.17) is 8.53 Å². The van der Waals surface area contributed by atoms with Crippen molar-refractivity contribution < 1.29 is 8.53 Å². The van der Waals surface area contributed by atoms with E-state index in [9.17, 15) is 0 Å². The average molecular weight is 368 g/mol. The van der Waals surface area contributed by atoms with Gasteiger partial charge in [-0.2, -0.15) is 0 Å².